The Morgan fingerprint density at radius 3 is 2.52 bits per heavy atom. The van der Waals surface area contributed by atoms with Gasteiger partial charge in [0.05, 0.1) is 12.8 Å². The first-order chi connectivity index (χ1) is 13.2. The second-order valence-electron chi connectivity index (χ2n) is 6.22. The SMILES string of the molecule is CCNC(=NCc1cc(C)ccc1OC(F)F)NCCCN(CC)S(C)(=O)=O.I. The van der Waals surface area contributed by atoms with E-state index in [1.165, 1.54) is 16.6 Å². The normalized spacial score (nSPS) is 12.1. The summed E-state index contributed by atoms with van der Waals surface area (Å²) < 4.78 is 54.3. The van der Waals surface area contributed by atoms with Crippen molar-refractivity contribution in [3.63, 3.8) is 0 Å². The van der Waals surface area contributed by atoms with Crippen LogP contribution in [0, 0.1) is 6.92 Å². The molecule has 0 heterocycles. The standard InChI is InChI=1S/C18H30F2N4O3S.HI/c1-5-21-18(22-10-7-11-24(6-2)28(4,25)26)23-13-15-12-14(3)8-9-16(15)27-17(19)20;/h8-9,12,17H,5-7,10-11,13H2,1-4H3,(H2,21,22,23);1H. The summed E-state index contributed by atoms with van der Waals surface area (Å²) in [6.07, 6.45) is 1.80. The smallest absolute Gasteiger partial charge is 0.387 e. The molecular weight excluding hydrogens is 517 g/mol. The molecule has 0 aliphatic carbocycles. The fourth-order valence-electron chi connectivity index (χ4n) is 2.57. The number of hydrogen-bond acceptors (Lipinski definition) is 4. The van der Waals surface area contributed by atoms with Crippen LogP contribution in [0.2, 0.25) is 0 Å². The molecule has 0 radical (unpaired) electrons. The molecule has 0 bridgehead atoms. The van der Waals surface area contributed by atoms with Gasteiger partial charge in [0, 0.05) is 31.7 Å². The summed E-state index contributed by atoms with van der Waals surface area (Å²) in [6.45, 7) is 4.83. The lowest BCUT2D eigenvalue weighted by Gasteiger charge is -2.18. The molecule has 7 nitrogen and oxygen atoms in total. The van der Waals surface area contributed by atoms with E-state index in [1.54, 1.807) is 19.1 Å². The molecule has 0 aliphatic rings. The molecule has 0 atom stereocenters. The predicted octanol–water partition coefficient (Wildman–Crippen LogP) is 2.94. The van der Waals surface area contributed by atoms with Crippen LogP contribution in [-0.2, 0) is 16.6 Å². The molecule has 0 saturated heterocycles. The third-order valence-electron chi connectivity index (χ3n) is 3.88. The van der Waals surface area contributed by atoms with Gasteiger partial charge in [0.15, 0.2) is 5.96 Å². The van der Waals surface area contributed by atoms with Crippen molar-refractivity contribution in [2.45, 2.75) is 40.3 Å². The van der Waals surface area contributed by atoms with E-state index in [0.717, 1.165) is 5.56 Å². The fourth-order valence-corrected chi connectivity index (χ4v) is 3.50. The van der Waals surface area contributed by atoms with Crippen molar-refractivity contribution in [1.29, 1.82) is 0 Å². The highest BCUT2D eigenvalue weighted by Gasteiger charge is 2.13. The molecule has 2 N–H and O–H groups in total. The van der Waals surface area contributed by atoms with Crippen LogP contribution in [0.25, 0.3) is 0 Å². The van der Waals surface area contributed by atoms with Crippen LogP contribution in [0.15, 0.2) is 23.2 Å². The molecular formula is C18H31F2IN4O3S. The van der Waals surface area contributed by atoms with Crippen LogP contribution in [0.1, 0.15) is 31.4 Å². The van der Waals surface area contributed by atoms with Crippen LogP contribution in [0.5, 0.6) is 5.75 Å². The third kappa shape index (κ3) is 10.9. The first kappa shape index (κ1) is 27.8. The average molecular weight is 548 g/mol. The Bertz CT molecular complexity index is 749. The van der Waals surface area contributed by atoms with E-state index in [2.05, 4.69) is 20.4 Å². The Morgan fingerprint density at radius 2 is 1.97 bits per heavy atom. The number of hydrogen-bond donors (Lipinski definition) is 2. The van der Waals surface area contributed by atoms with Gasteiger partial charge in [-0.15, -0.1) is 24.0 Å². The number of nitrogens with zero attached hydrogens (tertiary/aromatic N) is 2. The molecule has 1 rings (SSSR count). The quantitative estimate of drug-likeness (QED) is 0.192. The first-order valence-electron chi connectivity index (χ1n) is 9.19. The van der Waals surface area contributed by atoms with Crippen molar-refractivity contribution in [1.82, 2.24) is 14.9 Å². The number of aliphatic imine (C=N–C) groups is 1. The van der Waals surface area contributed by atoms with Crippen molar-refractivity contribution >= 4 is 40.0 Å². The monoisotopic (exact) mass is 548 g/mol. The average Bonchev–Trinajstić information content (AvgIpc) is 2.60. The van der Waals surface area contributed by atoms with Crippen molar-refractivity contribution in [2.24, 2.45) is 4.99 Å². The highest BCUT2D eigenvalue weighted by Crippen LogP contribution is 2.22. The van der Waals surface area contributed by atoms with Crippen molar-refractivity contribution < 1.29 is 21.9 Å². The minimum atomic E-state index is -3.21. The molecule has 168 valence electrons. The lowest BCUT2D eigenvalue weighted by Crippen LogP contribution is -2.39. The van der Waals surface area contributed by atoms with Gasteiger partial charge < -0.3 is 15.4 Å². The highest BCUT2D eigenvalue weighted by molar-refractivity contribution is 14.0. The van der Waals surface area contributed by atoms with Crippen LogP contribution < -0.4 is 15.4 Å². The summed E-state index contributed by atoms with van der Waals surface area (Å²) in [5, 5.41) is 6.20. The summed E-state index contributed by atoms with van der Waals surface area (Å²) in [5.74, 6) is 0.626. The molecule has 1 aromatic rings. The number of sulfonamides is 1. The van der Waals surface area contributed by atoms with Gasteiger partial charge in [0.1, 0.15) is 5.75 Å². The minimum Gasteiger partial charge on any atom is -0.434 e. The number of aryl methyl sites for hydroxylation is 1. The number of ether oxygens (including phenoxy) is 1. The Labute approximate surface area is 189 Å². The van der Waals surface area contributed by atoms with Crippen LogP contribution in [0.3, 0.4) is 0 Å². The summed E-state index contributed by atoms with van der Waals surface area (Å²) in [5.41, 5.74) is 1.48. The Morgan fingerprint density at radius 1 is 1.28 bits per heavy atom. The number of alkyl halides is 2. The third-order valence-corrected chi connectivity index (χ3v) is 5.26. The number of rotatable bonds is 11. The van der Waals surface area contributed by atoms with Crippen molar-refractivity contribution in [2.75, 3.05) is 32.4 Å². The second-order valence-corrected chi connectivity index (χ2v) is 8.20. The zero-order valence-electron chi connectivity index (χ0n) is 17.2. The summed E-state index contributed by atoms with van der Waals surface area (Å²) in [4.78, 5) is 4.42. The maximum Gasteiger partial charge on any atom is 0.387 e. The van der Waals surface area contributed by atoms with Gasteiger partial charge >= 0.3 is 6.61 Å². The molecule has 0 spiro atoms. The predicted molar refractivity (Wildman–Crippen MR) is 123 cm³/mol. The lowest BCUT2D eigenvalue weighted by molar-refractivity contribution is -0.0504. The molecule has 0 fully saturated rings. The van der Waals surface area contributed by atoms with E-state index in [4.69, 9.17) is 0 Å². The van der Waals surface area contributed by atoms with Gasteiger partial charge in [0.2, 0.25) is 10.0 Å². The molecule has 0 aromatic heterocycles. The Balaban J connectivity index is 0.00000784. The van der Waals surface area contributed by atoms with Crippen LogP contribution in [0.4, 0.5) is 8.78 Å². The van der Waals surface area contributed by atoms with Gasteiger partial charge in [-0.2, -0.15) is 8.78 Å². The molecule has 11 heteroatoms. The summed E-state index contributed by atoms with van der Waals surface area (Å²) in [6, 6.07) is 4.98. The van der Waals surface area contributed by atoms with Gasteiger partial charge in [0.25, 0.3) is 0 Å². The van der Waals surface area contributed by atoms with Gasteiger partial charge in [-0.05, 0) is 26.3 Å². The lowest BCUT2D eigenvalue weighted by atomic mass is 10.1. The van der Waals surface area contributed by atoms with Crippen LogP contribution in [-0.4, -0.2) is 57.7 Å². The molecule has 0 aliphatic heterocycles. The number of halogens is 3. The number of guanidine groups is 1. The molecule has 29 heavy (non-hydrogen) atoms. The largest absolute Gasteiger partial charge is 0.434 e. The Hall–Kier alpha value is -1.21. The van der Waals surface area contributed by atoms with Gasteiger partial charge in [-0.1, -0.05) is 24.6 Å². The van der Waals surface area contributed by atoms with E-state index < -0.39 is 16.6 Å². The van der Waals surface area contributed by atoms with E-state index in [9.17, 15) is 17.2 Å². The summed E-state index contributed by atoms with van der Waals surface area (Å²) >= 11 is 0. The summed E-state index contributed by atoms with van der Waals surface area (Å²) in [7, 11) is -3.21. The van der Waals surface area contributed by atoms with Crippen LogP contribution >= 0.6 is 24.0 Å². The molecule has 0 amide bonds. The van der Waals surface area contributed by atoms with Crippen molar-refractivity contribution in [3.8, 4) is 5.75 Å². The van der Waals surface area contributed by atoms with E-state index >= 15 is 0 Å². The zero-order valence-corrected chi connectivity index (χ0v) is 20.4. The minimum absolute atomic E-state index is 0. The number of nitrogens with one attached hydrogen (secondary N) is 2. The van der Waals surface area contributed by atoms with Crippen molar-refractivity contribution in [3.05, 3.63) is 29.3 Å². The molecule has 1 aromatic carbocycles. The maximum absolute atomic E-state index is 12.6. The second kappa shape index (κ2) is 13.9. The maximum atomic E-state index is 12.6. The highest BCUT2D eigenvalue weighted by atomic mass is 127. The van der Waals surface area contributed by atoms with Gasteiger partial charge in [-0.3, -0.25) is 0 Å². The fraction of sp³-hybridized carbons (Fsp3) is 0.611. The first-order valence-corrected chi connectivity index (χ1v) is 11.0. The van der Waals surface area contributed by atoms with Gasteiger partial charge in [-0.25, -0.2) is 17.7 Å². The Kier molecular flexibility index (Phi) is 13.3. The molecule has 0 saturated carbocycles. The zero-order chi connectivity index (χ0) is 21.2. The van der Waals surface area contributed by atoms with E-state index in [-0.39, 0.29) is 36.3 Å². The van der Waals surface area contributed by atoms with E-state index in [0.29, 0.717) is 44.1 Å². The number of benzene rings is 1. The topological polar surface area (TPSA) is 83.0 Å². The molecule has 0 unspecified atom stereocenters. The van der Waals surface area contributed by atoms with E-state index in [1.807, 2.05) is 13.8 Å².